The fraction of sp³-hybridized carbons (Fsp3) is 0.355. The van der Waals surface area contributed by atoms with Gasteiger partial charge in [0.05, 0.1) is 10.6 Å². The fourth-order valence-corrected chi connectivity index (χ4v) is 5.86. The Labute approximate surface area is 243 Å². The second-order valence-corrected chi connectivity index (χ2v) is 12.3. The van der Waals surface area contributed by atoms with Crippen LogP contribution in [-0.4, -0.2) is 43.8 Å². The number of carbonyl (C=O) groups is 2. The van der Waals surface area contributed by atoms with E-state index >= 15 is 0 Å². The maximum atomic E-state index is 14.1. The Kier molecular flexibility index (Phi) is 10.8. The van der Waals surface area contributed by atoms with Crippen molar-refractivity contribution in [2.75, 3.05) is 10.8 Å². The number of hydrogen-bond acceptors (Lipinski definition) is 4. The Hall–Kier alpha value is -3.36. The van der Waals surface area contributed by atoms with Gasteiger partial charge in [-0.15, -0.1) is 0 Å². The van der Waals surface area contributed by atoms with Gasteiger partial charge in [0, 0.05) is 17.6 Å². The molecule has 0 spiro atoms. The minimum Gasteiger partial charge on any atom is -0.352 e. The summed E-state index contributed by atoms with van der Waals surface area (Å²) in [4.78, 5) is 28.9. The van der Waals surface area contributed by atoms with Crippen LogP contribution in [0.5, 0.6) is 0 Å². The summed E-state index contributed by atoms with van der Waals surface area (Å²) in [5.41, 5.74) is 2.89. The van der Waals surface area contributed by atoms with Gasteiger partial charge in [0.1, 0.15) is 12.6 Å². The normalized spacial score (nSPS) is 12.8. The number of anilines is 1. The van der Waals surface area contributed by atoms with E-state index < -0.39 is 28.5 Å². The average Bonchev–Trinajstić information content (AvgIpc) is 2.93. The van der Waals surface area contributed by atoms with E-state index in [0.717, 1.165) is 21.9 Å². The standard InChI is InChI=1S/C31H38ClN3O4S/c1-6-24(5)33-31(37)29(7-2)34(20-25-10-8-9-11-28(25)32)30(36)21-35(26-16-12-22(3)13-17-26)40(38,39)27-18-14-23(4)15-19-27/h8-19,24,29H,6-7,20-21H2,1-5H3,(H,33,37)/t24-,29-/m1/s1. The summed E-state index contributed by atoms with van der Waals surface area (Å²) in [6.07, 6.45) is 1.07. The molecule has 0 fully saturated rings. The van der Waals surface area contributed by atoms with Gasteiger partial charge in [0.25, 0.3) is 10.0 Å². The molecular weight excluding hydrogens is 546 g/mol. The summed E-state index contributed by atoms with van der Waals surface area (Å²) >= 11 is 6.44. The largest absolute Gasteiger partial charge is 0.352 e. The predicted molar refractivity (Wildman–Crippen MR) is 161 cm³/mol. The molecule has 214 valence electrons. The smallest absolute Gasteiger partial charge is 0.264 e. The lowest BCUT2D eigenvalue weighted by atomic mass is 10.1. The van der Waals surface area contributed by atoms with Crippen molar-refractivity contribution in [1.29, 1.82) is 0 Å². The number of carbonyl (C=O) groups excluding carboxylic acids is 2. The molecule has 40 heavy (non-hydrogen) atoms. The van der Waals surface area contributed by atoms with E-state index in [9.17, 15) is 18.0 Å². The van der Waals surface area contributed by atoms with E-state index in [1.807, 2.05) is 40.7 Å². The Morgan fingerprint density at radius 2 is 1.45 bits per heavy atom. The molecule has 0 saturated carbocycles. The van der Waals surface area contributed by atoms with Crippen LogP contribution in [0.4, 0.5) is 5.69 Å². The molecule has 0 radical (unpaired) electrons. The third kappa shape index (κ3) is 7.64. The molecule has 3 aromatic carbocycles. The number of halogens is 1. The predicted octanol–water partition coefficient (Wildman–Crippen LogP) is 5.87. The van der Waals surface area contributed by atoms with Crippen LogP contribution in [0.3, 0.4) is 0 Å². The van der Waals surface area contributed by atoms with Gasteiger partial charge in [0.2, 0.25) is 11.8 Å². The van der Waals surface area contributed by atoms with E-state index in [4.69, 9.17) is 11.6 Å². The number of sulfonamides is 1. The zero-order valence-corrected chi connectivity index (χ0v) is 25.3. The van der Waals surface area contributed by atoms with Crippen molar-refractivity contribution in [3.05, 3.63) is 94.5 Å². The highest BCUT2D eigenvalue weighted by atomic mass is 35.5. The Morgan fingerprint density at radius 1 is 0.875 bits per heavy atom. The van der Waals surface area contributed by atoms with Crippen molar-refractivity contribution >= 4 is 39.1 Å². The second kappa shape index (κ2) is 13.8. The first-order chi connectivity index (χ1) is 19.0. The molecule has 0 bridgehead atoms. The van der Waals surface area contributed by atoms with Crippen LogP contribution in [0.1, 0.15) is 50.3 Å². The SMILES string of the molecule is CC[C@@H](C)NC(=O)[C@@H](CC)N(Cc1ccccc1Cl)C(=O)CN(c1ccc(C)cc1)S(=O)(=O)c1ccc(C)cc1. The summed E-state index contributed by atoms with van der Waals surface area (Å²) in [6, 6.07) is 19.7. The minimum absolute atomic E-state index is 0.0528. The van der Waals surface area contributed by atoms with Crippen LogP contribution in [0.25, 0.3) is 0 Å². The number of aryl methyl sites for hydroxylation is 2. The van der Waals surface area contributed by atoms with Crippen LogP contribution < -0.4 is 9.62 Å². The van der Waals surface area contributed by atoms with Gasteiger partial charge in [-0.2, -0.15) is 0 Å². The van der Waals surface area contributed by atoms with E-state index in [0.29, 0.717) is 22.7 Å². The van der Waals surface area contributed by atoms with Crippen LogP contribution in [0.2, 0.25) is 5.02 Å². The van der Waals surface area contributed by atoms with E-state index in [2.05, 4.69) is 5.32 Å². The molecule has 3 rings (SSSR count). The summed E-state index contributed by atoms with van der Waals surface area (Å²) in [7, 11) is -4.11. The number of amides is 2. The zero-order valence-electron chi connectivity index (χ0n) is 23.7. The lowest BCUT2D eigenvalue weighted by Gasteiger charge is -2.34. The topological polar surface area (TPSA) is 86.8 Å². The highest BCUT2D eigenvalue weighted by molar-refractivity contribution is 7.92. The zero-order chi connectivity index (χ0) is 29.4. The van der Waals surface area contributed by atoms with Gasteiger partial charge in [0.15, 0.2) is 0 Å². The third-order valence-electron chi connectivity index (χ3n) is 6.90. The van der Waals surface area contributed by atoms with Crippen molar-refractivity contribution in [2.45, 2.75) is 71.0 Å². The van der Waals surface area contributed by atoms with Crippen molar-refractivity contribution in [3.8, 4) is 0 Å². The van der Waals surface area contributed by atoms with Crippen molar-refractivity contribution < 1.29 is 18.0 Å². The quantitative estimate of drug-likeness (QED) is 0.289. The van der Waals surface area contributed by atoms with Gasteiger partial charge < -0.3 is 10.2 Å². The molecule has 7 nitrogen and oxygen atoms in total. The highest BCUT2D eigenvalue weighted by Gasteiger charge is 2.34. The van der Waals surface area contributed by atoms with Gasteiger partial charge in [-0.3, -0.25) is 13.9 Å². The van der Waals surface area contributed by atoms with Crippen molar-refractivity contribution in [2.24, 2.45) is 0 Å². The molecule has 9 heteroatoms. The highest BCUT2D eigenvalue weighted by Crippen LogP contribution is 2.26. The van der Waals surface area contributed by atoms with Gasteiger partial charge in [-0.25, -0.2) is 8.42 Å². The van der Waals surface area contributed by atoms with E-state index in [1.54, 1.807) is 54.6 Å². The number of benzene rings is 3. The Balaban J connectivity index is 2.06. The number of hydrogen-bond donors (Lipinski definition) is 1. The molecule has 2 atom stereocenters. The summed E-state index contributed by atoms with van der Waals surface area (Å²) in [5, 5.41) is 3.43. The molecule has 0 saturated heterocycles. The molecule has 0 aliphatic heterocycles. The fourth-order valence-electron chi connectivity index (χ4n) is 4.25. The molecule has 0 unspecified atom stereocenters. The molecule has 1 N–H and O–H groups in total. The summed E-state index contributed by atoms with van der Waals surface area (Å²) in [5.74, 6) is -0.803. The summed E-state index contributed by atoms with van der Waals surface area (Å²) < 4.78 is 28.9. The third-order valence-corrected chi connectivity index (χ3v) is 9.05. The second-order valence-electron chi connectivity index (χ2n) is 10.0. The van der Waals surface area contributed by atoms with Crippen molar-refractivity contribution in [3.63, 3.8) is 0 Å². The van der Waals surface area contributed by atoms with Crippen LogP contribution in [-0.2, 0) is 26.2 Å². The molecule has 0 heterocycles. The molecule has 0 aliphatic rings. The van der Waals surface area contributed by atoms with E-state index in [-0.39, 0.29) is 23.4 Å². The molecule has 3 aromatic rings. The number of nitrogens with one attached hydrogen (secondary N) is 1. The minimum atomic E-state index is -4.11. The lowest BCUT2D eigenvalue weighted by molar-refractivity contribution is -0.140. The first-order valence-corrected chi connectivity index (χ1v) is 15.3. The first kappa shape index (κ1) is 31.2. The van der Waals surface area contributed by atoms with Crippen LogP contribution in [0, 0.1) is 13.8 Å². The van der Waals surface area contributed by atoms with E-state index in [1.165, 1.54) is 17.0 Å². The molecular formula is C31H38ClN3O4S. The number of nitrogens with zero attached hydrogens (tertiary/aromatic N) is 2. The van der Waals surface area contributed by atoms with Crippen LogP contribution in [0.15, 0.2) is 77.7 Å². The number of rotatable bonds is 12. The lowest BCUT2D eigenvalue weighted by Crippen LogP contribution is -2.53. The van der Waals surface area contributed by atoms with Gasteiger partial charge in [-0.05, 0) is 69.5 Å². The molecule has 0 aliphatic carbocycles. The molecule has 2 amide bonds. The van der Waals surface area contributed by atoms with Crippen molar-refractivity contribution in [1.82, 2.24) is 10.2 Å². The maximum absolute atomic E-state index is 14.1. The molecule has 0 aromatic heterocycles. The average molecular weight is 584 g/mol. The van der Waals surface area contributed by atoms with Gasteiger partial charge >= 0.3 is 0 Å². The maximum Gasteiger partial charge on any atom is 0.264 e. The Bertz CT molecular complexity index is 1410. The first-order valence-electron chi connectivity index (χ1n) is 13.5. The van der Waals surface area contributed by atoms with Crippen LogP contribution >= 0.6 is 11.6 Å². The monoisotopic (exact) mass is 583 g/mol. The summed E-state index contributed by atoms with van der Waals surface area (Å²) in [6.45, 7) is 9.04. The Morgan fingerprint density at radius 3 is 2.00 bits per heavy atom. The van der Waals surface area contributed by atoms with Gasteiger partial charge in [-0.1, -0.05) is 79.0 Å².